The summed E-state index contributed by atoms with van der Waals surface area (Å²) in [5, 5.41) is 0.705. The van der Waals surface area contributed by atoms with Crippen LogP contribution in [-0.2, 0) is 0 Å². The molecule has 21 heavy (non-hydrogen) atoms. The van der Waals surface area contributed by atoms with Crippen molar-refractivity contribution in [3.8, 4) is 0 Å². The van der Waals surface area contributed by atoms with E-state index >= 15 is 0 Å². The summed E-state index contributed by atoms with van der Waals surface area (Å²) in [6.07, 6.45) is 2.12. The number of benzene rings is 1. The molecule has 110 valence electrons. The van der Waals surface area contributed by atoms with Gasteiger partial charge in [-0.05, 0) is 56.5 Å². The number of amides is 1. The van der Waals surface area contributed by atoms with Gasteiger partial charge in [-0.3, -0.25) is 4.79 Å². The van der Waals surface area contributed by atoms with Gasteiger partial charge in [0.25, 0.3) is 5.91 Å². The highest BCUT2D eigenvalue weighted by Gasteiger charge is 2.37. The second-order valence-electron chi connectivity index (χ2n) is 5.58. The van der Waals surface area contributed by atoms with Gasteiger partial charge in [-0.1, -0.05) is 23.7 Å². The Morgan fingerprint density at radius 3 is 2.43 bits per heavy atom. The summed E-state index contributed by atoms with van der Waals surface area (Å²) in [5.74, 6) is 1.14. The lowest BCUT2D eigenvalue weighted by molar-refractivity contribution is 0.0639. The molecule has 3 nitrogen and oxygen atoms in total. The van der Waals surface area contributed by atoms with Crippen LogP contribution in [0, 0.1) is 6.92 Å². The Bertz CT molecular complexity index is 643. The highest BCUT2D eigenvalue weighted by Crippen LogP contribution is 2.36. The Kier molecular flexibility index (Phi) is 3.77. The largest absolute Gasteiger partial charge is 0.456 e. The highest BCUT2D eigenvalue weighted by molar-refractivity contribution is 6.30. The van der Waals surface area contributed by atoms with E-state index in [2.05, 4.69) is 6.92 Å². The monoisotopic (exact) mass is 303 g/mol. The lowest BCUT2D eigenvalue weighted by Gasteiger charge is -2.29. The Hall–Kier alpha value is -1.74. The molecule has 1 aliphatic rings. The molecular weight excluding hydrogens is 286 g/mol. The van der Waals surface area contributed by atoms with Crippen LogP contribution in [-0.4, -0.2) is 16.8 Å². The van der Waals surface area contributed by atoms with Crippen molar-refractivity contribution in [3.63, 3.8) is 0 Å². The molecular formula is C17H18ClNO2. The second kappa shape index (κ2) is 5.57. The van der Waals surface area contributed by atoms with Crippen LogP contribution in [0.2, 0.25) is 5.02 Å². The molecule has 1 aliphatic carbocycles. The molecule has 0 unspecified atom stereocenters. The van der Waals surface area contributed by atoms with Crippen LogP contribution in [0.3, 0.4) is 0 Å². The van der Waals surface area contributed by atoms with Crippen LogP contribution < -0.4 is 0 Å². The van der Waals surface area contributed by atoms with Crippen LogP contribution in [0.1, 0.15) is 47.7 Å². The second-order valence-corrected chi connectivity index (χ2v) is 6.02. The molecule has 0 N–H and O–H groups in total. The van der Waals surface area contributed by atoms with Crippen molar-refractivity contribution in [2.24, 2.45) is 0 Å². The van der Waals surface area contributed by atoms with Crippen molar-refractivity contribution in [2.45, 2.75) is 38.8 Å². The summed E-state index contributed by atoms with van der Waals surface area (Å²) < 4.78 is 5.50. The summed E-state index contributed by atoms with van der Waals surface area (Å²) in [7, 11) is 0. The first-order valence-corrected chi connectivity index (χ1v) is 7.58. The van der Waals surface area contributed by atoms with Gasteiger partial charge >= 0.3 is 0 Å². The first-order valence-electron chi connectivity index (χ1n) is 7.21. The Labute approximate surface area is 129 Å². The molecule has 1 saturated carbocycles. The van der Waals surface area contributed by atoms with E-state index in [0.29, 0.717) is 16.8 Å². The van der Waals surface area contributed by atoms with Gasteiger partial charge < -0.3 is 9.32 Å². The van der Waals surface area contributed by atoms with Crippen molar-refractivity contribution in [1.29, 1.82) is 0 Å². The first-order chi connectivity index (χ1) is 10.1. The quantitative estimate of drug-likeness (QED) is 0.826. The van der Waals surface area contributed by atoms with Gasteiger partial charge in [0.15, 0.2) is 5.76 Å². The molecule has 1 fully saturated rings. The topological polar surface area (TPSA) is 33.5 Å². The maximum absolute atomic E-state index is 12.7. The van der Waals surface area contributed by atoms with Crippen LogP contribution in [0.4, 0.5) is 0 Å². The standard InChI is InChI=1S/C17H18ClNO2/c1-11-3-10-16(21-11)17(20)19(15-8-9-15)12(2)13-4-6-14(18)7-5-13/h3-7,10,12,15H,8-9H2,1-2H3/t12-/m1/s1. The number of carbonyl (C=O) groups excluding carboxylic acids is 1. The van der Waals surface area contributed by atoms with E-state index in [1.807, 2.05) is 42.2 Å². The van der Waals surface area contributed by atoms with Crippen LogP contribution in [0.15, 0.2) is 40.8 Å². The summed E-state index contributed by atoms with van der Waals surface area (Å²) in [6.45, 7) is 3.90. The lowest BCUT2D eigenvalue weighted by atomic mass is 10.1. The third-order valence-corrected chi connectivity index (χ3v) is 4.15. The zero-order valence-corrected chi connectivity index (χ0v) is 12.9. The molecule has 1 atom stereocenters. The molecule has 4 heteroatoms. The van der Waals surface area contributed by atoms with Gasteiger partial charge in [-0.15, -0.1) is 0 Å². The fourth-order valence-corrected chi connectivity index (χ4v) is 2.72. The highest BCUT2D eigenvalue weighted by atomic mass is 35.5. The van der Waals surface area contributed by atoms with Gasteiger partial charge in [0.1, 0.15) is 5.76 Å². The number of halogens is 1. The molecule has 0 saturated heterocycles. The minimum Gasteiger partial charge on any atom is -0.456 e. The average molecular weight is 304 g/mol. The molecule has 1 aromatic carbocycles. The molecule has 1 amide bonds. The van der Waals surface area contributed by atoms with Crippen LogP contribution in [0.25, 0.3) is 0 Å². The third kappa shape index (κ3) is 2.98. The number of aryl methyl sites for hydroxylation is 1. The number of rotatable bonds is 4. The van der Waals surface area contributed by atoms with Crippen LogP contribution in [0.5, 0.6) is 0 Å². The van der Waals surface area contributed by atoms with Gasteiger partial charge in [-0.2, -0.15) is 0 Å². The van der Waals surface area contributed by atoms with Gasteiger partial charge in [-0.25, -0.2) is 0 Å². The molecule has 0 spiro atoms. The zero-order chi connectivity index (χ0) is 15.0. The Morgan fingerprint density at radius 1 is 1.24 bits per heavy atom. The van der Waals surface area contributed by atoms with Gasteiger partial charge in [0, 0.05) is 11.1 Å². The average Bonchev–Trinajstić information content (AvgIpc) is 3.20. The third-order valence-electron chi connectivity index (χ3n) is 3.90. The number of hydrogen-bond acceptors (Lipinski definition) is 2. The fourth-order valence-electron chi connectivity index (χ4n) is 2.59. The van der Waals surface area contributed by atoms with Crippen molar-refractivity contribution >= 4 is 17.5 Å². The van der Waals surface area contributed by atoms with Crippen molar-refractivity contribution < 1.29 is 9.21 Å². The van der Waals surface area contributed by atoms with Crippen molar-refractivity contribution in [1.82, 2.24) is 4.90 Å². The maximum Gasteiger partial charge on any atom is 0.290 e. The molecule has 2 aromatic rings. The zero-order valence-electron chi connectivity index (χ0n) is 12.2. The number of hydrogen-bond donors (Lipinski definition) is 0. The van der Waals surface area contributed by atoms with E-state index in [1.54, 1.807) is 6.07 Å². The van der Waals surface area contributed by atoms with Crippen molar-refractivity contribution in [2.75, 3.05) is 0 Å². The Balaban J connectivity index is 1.87. The maximum atomic E-state index is 12.7. The van der Waals surface area contributed by atoms with Crippen LogP contribution >= 0.6 is 11.6 Å². The SMILES string of the molecule is Cc1ccc(C(=O)N(C2CC2)[C@H](C)c2ccc(Cl)cc2)o1. The predicted molar refractivity (Wildman–Crippen MR) is 82.5 cm³/mol. The van der Waals surface area contributed by atoms with Crippen molar-refractivity contribution in [3.05, 3.63) is 58.5 Å². The van der Waals surface area contributed by atoms with E-state index in [4.69, 9.17) is 16.0 Å². The minimum absolute atomic E-state index is 0.00710. The summed E-state index contributed by atoms with van der Waals surface area (Å²) >= 11 is 5.94. The molecule has 0 aliphatic heterocycles. The number of furan rings is 1. The minimum atomic E-state index is -0.0342. The van der Waals surface area contributed by atoms with E-state index < -0.39 is 0 Å². The fraction of sp³-hybridized carbons (Fsp3) is 0.353. The molecule has 1 aromatic heterocycles. The Morgan fingerprint density at radius 2 is 1.90 bits per heavy atom. The number of carbonyl (C=O) groups is 1. The van der Waals surface area contributed by atoms with E-state index in [0.717, 1.165) is 24.2 Å². The lowest BCUT2D eigenvalue weighted by Crippen LogP contribution is -2.35. The summed E-state index contributed by atoms with van der Waals surface area (Å²) in [4.78, 5) is 14.7. The smallest absolute Gasteiger partial charge is 0.290 e. The summed E-state index contributed by atoms with van der Waals surface area (Å²) in [5.41, 5.74) is 1.09. The molecule has 1 heterocycles. The molecule has 0 bridgehead atoms. The van der Waals surface area contributed by atoms with E-state index in [1.165, 1.54) is 0 Å². The number of nitrogens with zero attached hydrogens (tertiary/aromatic N) is 1. The normalized spacial score (nSPS) is 15.8. The summed E-state index contributed by atoms with van der Waals surface area (Å²) in [6, 6.07) is 11.6. The molecule has 0 radical (unpaired) electrons. The predicted octanol–water partition coefficient (Wildman–Crippen LogP) is 4.61. The molecule has 3 rings (SSSR count). The first kappa shape index (κ1) is 14.2. The van der Waals surface area contributed by atoms with Gasteiger partial charge in [0.2, 0.25) is 0 Å². The van der Waals surface area contributed by atoms with E-state index in [9.17, 15) is 4.79 Å². The van der Waals surface area contributed by atoms with E-state index in [-0.39, 0.29) is 11.9 Å². The van der Waals surface area contributed by atoms with Gasteiger partial charge in [0.05, 0.1) is 6.04 Å².